The van der Waals surface area contributed by atoms with Crippen molar-refractivity contribution in [1.82, 2.24) is 14.2 Å². The summed E-state index contributed by atoms with van der Waals surface area (Å²) in [6.45, 7) is 4.89. The van der Waals surface area contributed by atoms with Gasteiger partial charge in [-0.05, 0) is 37.1 Å². The molecule has 0 aliphatic carbocycles. The molecular weight excluding hydrogens is 471 g/mol. The first-order chi connectivity index (χ1) is 15.7. The number of halogens is 2. The van der Waals surface area contributed by atoms with Gasteiger partial charge in [0.05, 0.1) is 10.6 Å². The highest BCUT2D eigenvalue weighted by Crippen LogP contribution is 2.35. The molecule has 0 spiro atoms. The van der Waals surface area contributed by atoms with E-state index in [1.165, 1.54) is 28.7 Å². The van der Waals surface area contributed by atoms with Gasteiger partial charge in [-0.25, -0.2) is 12.8 Å². The fraction of sp³-hybridized carbons (Fsp3) is 0.455. The summed E-state index contributed by atoms with van der Waals surface area (Å²) in [5, 5.41) is 0.0560. The molecule has 2 aliphatic heterocycles. The van der Waals surface area contributed by atoms with Crippen LogP contribution >= 0.6 is 11.6 Å². The quantitative estimate of drug-likeness (QED) is 0.663. The van der Waals surface area contributed by atoms with E-state index in [0.717, 1.165) is 18.9 Å². The van der Waals surface area contributed by atoms with E-state index < -0.39 is 15.8 Å². The zero-order chi connectivity index (χ0) is 23.9. The molecule has 33 heavy (non-hydrogen) atoms. The number of sulfonamides is 1. The third kappa shape index (κ3) is 4.27. The van der Waals surface area contributed by atoms with Crippen LogP contribution in [0.2, 0.25) is 5.02 Å². The number of H-pyrrole nitrogens is 1. The lowest BCUT2D eigenvalue weighted by Crippen LogP contribution is -2.56. The number of nitrogens with zero attached hydrogens (tertiary/aromatic N) is 3. The van der Waals surface area contributed by atoms with Crippen molar-refractivity contribution in [3.63, 3.8) is 0 Å². The minimum atomic E-state index is -3.74. The van der Waals surface area contributed by atoms with Gasteiger partial charge in [0.1, 0.15) is 16.4 Å². The smallest absolute Gasteiger partial charge is 0.271 e. The molecule has 1 aromatic heterocycles. The third-order valence-corrected chi connectivity index (χ3v) is 8.75. The first-order valence-electron chi connectivity index (χ1n) is 10.9. The van der Waals surface area contributed by atoms with E-state index in [2.05, 4.69) is 4.98 Å². The SMILES string of the molecule is CCN(CC)S(=O)(=O)c1c[nH]c(=O)c(N2C3CCC2CN(C(=O)c2ccc(F)cc2Cl)C3)c1. The van der Waals surface area contributed by atoms with Crippen LogP contribution in [0.3, 0.4) is 0 Å². The van der Waals surface area contributed by atoms with Gasteiger partial charge < -0.3 is 14.8 Å². The van der Waals surface area contributed by atoms with Crippen molar-refractivity contribution >= 4 is 33.2 Å². The number of aromatic nitrogens is 1. The predicted molar refractivity (Wildman–Crippen MR) is 124 cm³/mol. The highest BCUT2D eigenvalue weighted by Gasteiger charge is 2.43. The van der Waals surface area contributed by atoms with Crippen LogP contribution in [0.1, 0.15) is 37.0 Å². The van der Waals surface area contributed by atoms with E-state index in [9.17, 15) is 22.4 Å². The number of carbonyl (C=O) groups is 1. The van der Waals surface area contributed by atoms with Gasteiger partial charge in [-0.2, -0.15) is 4.31 Å². The fourth-order valence-corrected chi connectivity index (χ4v) is 6.50. The number of rotatable bonds is 6. The molecule has 11 heteroatoms. The number of likely N-dealkylation sites (tertiary alicyclic amines) is 1. The average Bonchev–Trinajstić information content (AvgIpc) is 3.02. The number of fused-ring (bicyclic) bond motifs is 2. The Labute approximate surface area is 197 Å². The summed E-state index contributed by atoms with van der Waals surface area (Å²) < 4.78 is 40.7. The summed E-state index contributed by atoms with van der Waals surface area (Å²) in [6.07, 6.45) is 2.76. The number of nitrogens with one attached hydrogen (secondary N) is 1. The third-order valence-electron chi connectivity index (χ3n) is 6.41. The number of carbonyl (C=O) groups excluding carboxylic acids is 1. The number of piperazine rings is 1. The van der Waals surface area contributed by atoms with Gasteiger partial charge in [-0.1, -0.05) is 25.4 Å². The van der Waals surface area contributed by atoms with Crippen molar-refractivity contribution in [3.8, 4) is 0 Å². The molecule has 1 amide bonds. The molecule has 178 valence electrons. The molecule has 2 fully saturated rings. The lowest BCUT2D eigenvalue weighted by Gasteiger charge is -2.42. The summed E-state index contributed by atoms with van der Waals surface area (Å²) in [5.41, 5.74) is 0.158. The predicted octanol–water partition coefficient (Wildman–Crippen LogP) is 2.69. The van der Waals surface area contributed by atoms with E-state index in [-0.39, 0.29) is 39.0 Å². The highest BCUT2D eigenvalue weighted by atomic mass is 35.5. The van der Waals surface area contributed by atoms with E-state index in [0.29, 0.717) is 31.9 Å². The lowest BCUT2D eigenvalue weighted by atomic mass is 10.1. The Bertz CT molecular complexity index is 1220. The van der Waals surface area contributed by atoms with Crippen molar-refractivity contribution in [2.45, 2.75) is 43.7 Å². The summed E-state index contributed by atoms with van der Waals surface area (Å²) in [4.78, 5) is 32.0. The highest BCUT2D eigenvalue weighted by molar-refractivity contribution is 7.89. The number of amides is 1. The van der Waals surface area contributed by atoms with Crippen LogP contribution in [0.25, 0.3) is 0 Å². The molecule has 3 heterocycles. The Morgan fingerprint density at radius 2 is 1.82 bits per heavy atom. The summed E-state index contributed by atoms with van der Waals surface area (Å²) in [6, 6.07) is 4.85. The van der Waals surface area contributed by atoms with Gasteiger partial charge in [0, 0.05) is 44.5 Å². The zero-order valence-electron chi connectivity index (χ0n) is 18.4. The largest absolute Gasteiger partial charge is 0.358 e. The minimum Gasteiger partial charge on any atom is -0.358 e. The Morgan fingerprint density at radius 3 is 2.39 bits per heavy atom. The summed E-state index contributed by atoms with van der Waals surface area (Å²) in [5.74, 6) is -0.802. The van der Waals surface area contributed by atoms with Crippen molar-refractivity contribution in [2.75, 3.05) is 31.1 Å². The molecule has 1 aromatic carbocycles. The van der Waals surface area contributed by atoms with E-state index in [1.54, 1.807) is 18.7 Å². The number of benzene rings is 1. The maximum absolute atomic E-state index is 13.4. The number of aromatic amines is 1. The van der Waals surface area contributed by atoms with Crippen LogP contribution in [0.15, 0.2) is 40.2 Å². The van der Waals surface area contributed by atoms with E-state index in [1.807, 2.05) is 4.90 Å². The van der Waals surface area contributed by atoms with Gasteiger partial charge in [0.2, 0.25) is 10.0 Å². The Balaban J connectivity index is 1.62. The standard InChI is InChI=1S/C22H26ClFN4O4S/c1-3-27(4-2)33(31,32)17-10-20(21(29)25-11-17)28-15-6-7-16(28)13-26(12-15)22(30)18-8-5-14(24)9-19(18)23/h5,8-11,15-16H,3-4,6-7,12-13H2,1-2H3,(H,25,29). The van der Waals surface area contributed by atoms with Gasteiger partial charge >= 0.3 is 0 Å². The maximum atomic E-state index is 13.4. The zero-order valence-corrected chi connectivity index (χ0v) is 20.0. The topological polar surface area (TPSA) is 93.8 Å². The van der Waals surface area contributed by atoms with Gasteiger partial charge in [-0.3, -0.25) is 9.59 Å². The summed E-state index contributed by atoms with van der Waals surface area (Å²) >= 11 is 6.08. The first kappa shape index (κ1) is 23.7. The second-order valence-corrected chi connectivity index (χ2v) is 10.6. The minimum absolute atomic E-state index is 0.0387. The molecule has 0 radical (unpaired) electrons. The van der Waals surface area contributed by atoms with Crippen molar-refractivity contribution in [1.29, 1.82) is 0 Å². The van der Waals surface area contributed by atoms with Gasteiger partial charge in [-0.15, -0.1) is 0 Å². The fourth-order valence-electron chi connectivity index (χ4n) is 4.80. The Hall–Kier alpha value is -2.43. The molecule has 2 aromatic rings. The number of anilines is 1. The molecule has 4 rings (SSSR count). The molecule has 2 bridgehead atoms. The normalized spacial score (nSPS) is 20.5. The second-order valence-electron chi connectivity index (χ2n) is 8.27. The van der Waals surface area contributed by atoms with Crippen LogP contribution in [-0.4, -0.2) is 66.8 Å². The monoisotopic (exact) mass is 496 g/mol. The van der Waals surface area contributed by atoms with Crippen LogP contribution in [-0.2, 0) is 10.0 Å². The molecule has 2 aliphatic rings. The number of hydrogen-bond acceptors (Lipinski definition) is 5. The second kappa shape index (κ2) is 9.08. The molecule has 2 unspecified atom stereocenters. The van der Waals surface area contributed by atoms with Gasteiger partial charge in [0.15, 0.2) is 0 Å². The summed E-state index contributed by atoms with van der Waals surface area (Å²) in [7, 11) is -3.74. The molecule has 8 nitrogen and oxygen atoms in total. The molecule has 2 atom stereocenters. The van der Waals surface area contributed by atoms with Crippen molar-refractivity contribution in [2.24, 2.45) is 0 Å². The van der Waals surface area contributed by atoms with E-state index >= 15 is 0 Å². The van der Waals surface area contributed by atoms with Crippen molar-refractivity contribution < 1.29 is 17.6 Å². The Morgan fingerprint density at radius 1 is 1.18 bits per heavy atom. The maximum Gasteiger partial charge on any atom is 0.271 e. The van der Waals surface area contributed by atoms with E-state index in [4.69, 9.17) is 11.6 Å². The van der Waals surface area contributed by atoms with Crippen molar-refractivity contribution in [3.05, 3.63) is 57.2 Å². The molecule has 0 saturated carbocycles. The van der Waals surface area contributed by atoms with Crippen LogP contribution < -0.4 is 10.5 Å². The molecule has 1 N–H and O–H groups in total. The van der Waals surface area contributed by atoms with Crippen LogP contribution in [0.4, 0.5) is 10.1 Å². The van der Waals surface area contributed by atoms with Crippen LogP contribution in [0.5, 0.6) is 0 Å². The van der Waals surface area contributed by atoms with Gasteiger partial charge in [0.25, 0.3) is 11.5 Å². The number of hydrogen-bond donors (Lipinski definition) is 1. The average molecular weight is 497 g/mol. The molecule has 2 saturated heterocycles. The first-order valence-corrected chi connectivity index (χ1v) is 12.7. The van der Waals surface area contributed by atoms with Crippen LogP contribution in [0, 0.1) is 5.82 Å². The lowest BCUT2D eigenvalue weighted by molar-refractivity contribution is 0.0718. The Kier molecular flexibility index (Phi) is 6.52. The molecular formula is C22H26ClFN4O4S. The number of pyridine rings is 1.